The van der Waals surface area contributed by atoms with E-state index in [1.54, 1.807) is 0 Å². The maximum atomic E-state index is 9.00. The molecule has 18 heavy (non-hydrogen) atoms. The maximum absolute atomic E-state index is 9.00. The summed E-state index contributed by atoms with van der Waals surface area (Å²) in [5, 5.41) is 14.8. The number of carboxylic acid groups (broad SMARTS) is 2. The largest absolute Gasteiger partial charge is 0.481 e. The van der Waals surface area contributed by atoms with Crippen LogP contribution >= 0.6 is 22.6 Å². The fourth-order valence-corrected chi connectivity index (χ4v) is 1.72. The normalized spacial score (nSPS) is 8.28. The zero-order valence-corrected chi connectivity index (χ0v) is 13.2. The molecular formula is C13H19IO4. The molecule has 0 amide bonds. The molecule has 0 aliphatic heterocycles. The first-order valence-corrected chi connectivity index (χ1v) is 6.43. The van der Waals surface area contributed by atoms with Crippen LogP contribution in [0.1, 0.15) is 31.9 Å². The van der Waals surface area contributed by atoms with Gasteiger partial charge in [-0.1, -0.05) is 25.1 Å². The smallest absolute Gasteiger partial charge is 0.300 e. The molecule has 0 aliphatic rings. The van der Waals surface area contributed by atoms with Crippen LogP contribution in [0.25, 0.3) is 0 Å². The number of hydrogen-bond acceptors (Lipinski definition) is 2. The van der Waals surface area contributed by atoms with Gasteiger partial charge in [-0.05, 0) is 47.1 Å². The number of aliphatic carboxylic acids is 2. The van der Waals surface area contributed by atoms with Crippen molar-refractivity contribution in [2.45, 2.75) is 34.1 Å². The third-order valence-electron chi connectivity index (χ3n) is 1.65. The van der Waals surface area contributed by atoms with Gasteiger partial charge in [0.05, 0.1) is 0 Å². The van der Waals surface area contributed by atoms with E-state index in [1.807, 2.05) is 0 Å². The van der Waals surface area contributed by atoms with Gasteiger partial charge < -0.3 is 10.2 Å². The molecule has 102 valence electrons. The number of hydrogen-bond donors (Lipinski definition) is 2. The summed E-state index contributed by atoms with van der Waals surface area (Å²) in [5.74, 6) is -1.67. The van der Waals surface area contributed by atoms with Gasteiger partial charge in [0.2, 0.25) is 0 Å². The van der Waals surface area contributed by atoms with Crippen LogP contribution in [0.4, 0.5) is 0 Å². The molecule has 0 bridgehead atoms. The van der Waals surface area contributed by atoms with Gasteiger partial charge in [0, 0.05) is 17.4 Å². The van der Waals surface area contributed by atoms with Gasteiger partial charge in [-0.2, -0.15) is 0 Å². The Bertz CT molecular complexity index is 369. The van der Waals surface area contributed by atoms with Crippen molar-refractivity contribution in [3.8, 4) is 0 Å². The van der Waals surface area contributed by atoms with Gasteiger partial charge in [-0.3, -0.25) is 9.59 Å². The first kappa shape index (κ1) is 19.2. The summed E-state index contributed by atoms with van der Waals surface area (Å²) in [7, 11) is 0. The summed E-state index contributed by atoms with van der Waals surface area (Å²) in [4.78, 5) is 18.0. The number of rotatable bonds is 1. The predicted octanol–water partition coefficient (Wildman–Crippen LogP) is 3.34. The molecule has 0 saturated heterocycles. The third-order valence-corrected chi connectivity index (χ3v) is 3.20. The number of carboxylic acids is 2. The first-order valence-electron chi connectivity index (χ1n) is 5.35. The second-order valence-electron chi connectivity index (χ2n) is 3.44. The van der Waals surface area contributed by atoms with Gasteiger partial charge in [0.15, 0.2) is 0 Å². The average Bonchev–Trinajstić information content (AvgIpc) is 2.20. The standard InChI is InChI=1S/C9H11I.2C2H4O2/c1-3-8-6-4-5-7(2)9(8)10;2*1-2(3)4/h4-6H,3H2,1-2H3;2*1H3,(H,3,4). The van der Waals surface area contributed by atoms with Crippen LogP contribution in [-0.2, 0) is 16.0 Å². The third kappa shape index (κ3) is 13.0. The van der Waals surface area contributed by atoms with Crippen molar-refractivity contribution in [3.05, 3.63) is 32.9 Å². The Kier molecular flexibility index (Phi) is 11.8. The lowest BCUT2D eigenvalue weighted by atomic mass is 10.1. The minimum atomic E-state index is -0.833. The van der Waals surface area contributed by atoms with E-state index < -0.39 is 11.9 Å². The predicted molar refractivity (Wildman–Crippen MR) is 79.9 cm³/mol. The van der Waals surface area contributed by atoms with Crippen LogP contribution in [0.3, 0.4) is 0 Å². The zero-order chi connectivity index (χ0) is 14.7. The minimum Gasteiger partial charge on any atom is -0.481 e. The number of aryl methyl sites for hydroxylation is 2. The monoisotopic (exact) mass is 366 g/mol. The van der Waals surface area contributed by atoms with Crippen LogP contribution < -0.4 is 0 Å². The van der Waals surface area contributed by atoms with E-state index in [2.05, 4.69) is 54.6 Å². The lowest BCUT2D eigenvalue weighted by molar-refractivity contribution is -0.135. The van der Waals surface area contributed by atoms with Crippen molar-refractivity contribution >= 4 is 34.5 Å². The number of benzene rings is 1. The van der Waals surface area contributed by atoms with Crippen molar-refractivity contribution in [1.29, 1.82) is 0 Å². The summed E-state index contributed by atoms with van der Waals surface area (Å²) in [6, 6.07) is 6.46. The van der Waals surface area contributed by atoms with Gasteiger partial charge in [-0.15, -0.1) is 0 Å². The molecule has 0 spiro atoms. The lowest BCUT2D eigenvalue weighted by Crippen LogP contribution is -1.87. The summed E-state index contributed by atoms with van der Waals surface area (Å²) >= 11 is 2.40. The molecule has 1 rings (SSSR count). The van der Waals surface area contributed by atoms with Crippen LogP contribution in [0.2, 0.25) is 0 Å². The summed E-state index contributed by atoms with van der Waals surface area (Å²) in [5.41, 5.74) is 2.85. The molecule has 0 heterocycles. The second-order valence-corrected chi connectivity index (χ2v) is 4.52. The number of carbonyl (C=O) groups is 2. The molecule has 0 fully saturated rings. The van der Waals surface area contributed by atoms with E-state index in [1.165, 1.54) is 14.7 Å². The first-order chi connectivity index (χ1) is 8.22. The SMILES string of the molecule is CC(=O)O.CC(=O)O.CCc1cccc(C)c1I. The van der Waals surface area contributed by atoms with Crippen molar-refractivity contribution in [1.82, 2.24) is 0 Å². The van der Waals surface area contributed by atoms with Crippen LogP contribution in [0.15, 0.2) is 18.2 Å². The van der Waals surface area contributed by atoms with E-state index in [9.17, 15) is 0 Å². The van der Waals surface area contributed by atoms with Gasteiger partial charge in [-0.25, -0.2) is 0 Å². The van der Waals surface area contributed by atoms with Crippen LogP contribution in [-0.4, -0.2) is 22.2 Å². The fourth-order valence-electron chi connectivity index (χ4n) is 0.981. The Morgan fingerprint density at radius 3 is 1.83 bits per heavy atom. The summed E-state index contributed by atoms with van der Waals surface area (Å²) in [6.45, 7) is 6.51. The van der Waals surface area contributed by atoms with Gasteiger partial charge in [0.25, 0.3) is 11.9 Å². The highest BCUT2D eigenvalue weighted by Gasteiger charge is 1.97. The molecule has 1 aromatic rings. The van der Waals surface area contributed by atoms with Crippen LogP contribution in [0, 0.1) is 10.5 Å². The molecule has 4 nitrogen and oxygen atoms in total. The molecule has 1 aromatic carbocycles. The van der Waals surface area contributed by atoms with E-state index in [4.69, 9.17) is 19.8 Å². The summed E-state index contributed by atoms with van der Waals surface area (Å²) < 4.78 is 1.42. The highest BCUT2D eigenvalue weighted by Crippen LogP contribution is 2.16. The molecule has 0 unspecified atom stereocenters. The second kappa shape index (κ2) is 11.0. The Morgan fingerprint density at radius 2 is 1.56 bits per heavy atom. The van der Waals surface area contributed by atoms with Crippen LogP contribution in [0.5, 0.6) is 0 Å². The van der Waals surface area contributed by atoms with Gasteiger partial charge >= 0.3 is 0 Å². The minimum absolute atomic E-state index is 0.833. The molecule has 0 saturated carbocycles. The zero-order valence-electron chi connectivity index (χ0n) is 11.0. The Balaban J connectivity index is 0. The van der Waals surface area contributed by atoms with Crippen molar-refractivity contribution in [3.63, 3.8) is 0 Å². The Hall–Kier alpha value is -1.11. The number of halogens is 1. The molecule has 0 radical (unpaired) electrons. The molecule has 2 N–H and O–H groups in total. The Morgan fingerprint density at radius 1 is 1.17 bits per heavy atom. The molecule has 0 aliphatic carbocycles. The van der Waals surface area contributed by atoms with E-state index in [0.29, 0.717) is 0 Å². The highest BCUT2D eigenvalue weighted by molar-refractivity contribution is 14.1. The van der Waals surface area contributed by atoms with Gasteiger partial charge in [0.1, 0.15) is 0 Å². The van der Waals surface area contributed by atoms with E-state index >= 15 is 0 Å². The molecule has 0 atom stereocenters. The lowest BCUT2D eigenvalue weighted by Gasteiger charge is -2.02. The average molecular weight is 366 g/mol. The Labute approximate surface area is 121 Å². The quantitative estimate of drug-likeness (QED) is 0.748. The van der Waals surface area contributed by atoms with Crippen molar-refractivity contribution in [2.75, 3.05) is 0 Å². The molecule has 0 aromatic heterocycles. The topological polar surface area (TPSA) is 74.6 Å². The summed E-state index contributed by atoms with van der Waals surface area (Å²) in [6.07, 6.45) is 1.14. The molecule has 5 heteroatoms. The fraction of sp³-hybridized carbons (Fsp3) is 0.385. The van der Waals surface area contributed by atoms with E-state index in [0.717, 1.165) is 20.3 Å². The van der Waals surface area contributed by atoms with Crippen molar-refractivity contribution in [2.24, 2.45) is 0 Å². The molecular weight excluding hydrogens is 347 g/mol. The van der Waals surface area contributed by atoms with Crippen molar-refractivity contribution < 1.29 is 19.8 Å². The van der Waals surface area contributed by atoms with E-state index in [-0.39, 0.29) is 0 Å². The highest BCUT2D eigenvalue weighted by atomic mass is 127. The maximum Gasteiger partial charge on any atom is 0.300 e.